The summed E-state index contributed by atoms with van der Waals surface area (Å²) in [5.74, 6) is 1.30. The first-order valence-electron chi connectivity index (χ1n) is 6.41. The Morgan fingerprint density at radius 3 is 3.00 bits per heavy atom. The summed E-state index contributed by atoms with van der Waals surface area (Å²) in [5.41, 5.74) is 9.13. The van der Waals surface area contributed by atoms with Gasteiger partial charge in [0, 0.05) is 12.0 Å². The molecule has 2 N–H and O–H groups in total. The number of oxazole rings is 1. The molecule has 2 aromatic rings. The molecule has 3 heteroatoms. The van der Waals surface area contributed by atoms with E-state index < -0.39 is 0 Å². The molecule has 1 aliphatic rings. The summed E-state index contributed by atoms with van der Waals surface area (Å²) in [4.78, 5) is 4.62. The zero-order chi connectivity index (χ0) is 11.8. The predicted octanol–water partition coefficient (Wildman–Crippen LogP) is 2.99. The van der Waals surface area contributed by atoms with Crippen LogP contribution in [0.2, 0.25) is 0 Å². The summed E-state index contributed by atoms with van der Waals surface area (Å²) < 4.78 is 5.83. The minimum atomic E-state index is 0.321. The van der Waals surface area contributed by atoms with Crippen LogP contribution in [0.25, 0.3) is 11.1 Å². The number of aryl methyl sites for hydroxylation is 1. The minimum Gasteiger partial charge on any atom is -0.440 e. The summed E-state index contributed by atoms with van der Waals surface area (Å²) in [6.07, 6.45) is 4.23. The Morgan fingerprint density at radius 2 is 2.29 bits per heavy atom. The van der Waals surface area contributed by atoms with E-state index in [0.717, 1.165) is 42.7 Å². The van der Waals surface area contributed by atoms with Gasteiger partial charge in [0.15, 0.2) is 11.5 Å². The van der Waals surface area contributed by atoms with E-state index in [-0.39, 0.29) is 0 Å². The van der Waals surface area contributed by atoms with Gasteiger partial charge in [0.2, 0.25) is 0 Å². The summed E-state index contributed by atoms with van der Waals surface area (Å²) in [5, 5.41) is 0. The highest BCUT2D eigenvalue weighted by Gasteiger charge is 2.27. The molecule has 1 fully saturated rings. The van der Waals surface area contributed by atoms with Crippen LogP contribution in [0.4, 0.5) is 0 Å². The van der Waals surface area contributed by atoms with Gasteiger partial charge in [-0.2, -0.15) is 0 Å². The molecule has 17 heavy (non-hydrogen) atoms. The molecule has 1 aliphatic carbocycles. The minimum absolute atomic E-state index is 0.321. The van der Waals surface area contributed by atoms with Gasteiger partial charge >= 0.3 is 0 Å². The number of rotatable bonds is 2. The Balaban J connectivity index is 1.96. The van der Waals surface area contributed by atoms with E-state index in [1.54, 1.807) is 0 Å². The van der Waals surface area contributed by atoms with Crippen LogP contribution in [0, 0.1) is 0 Å². The Hall–Kier alpha value is -1.35. The van der Waals surface area contributed by atoms with Crippen LogP contribution in [0.1, 0.15) is 43.6 Å². The van der Waals surface area contributed by atoms with Crippen LogP contribution in [0.15, 0.2) is 22.6 Å². The quantitative estimate of drug-likeness (QED) is 0.862. The number of nitrogens with zero attached hydrogens (tertiary/aromatic N) is 1. The Morgan fingerprint density at radius 1 is 1.41 bits per heavy atom. The highest BCUT2D eigenvalue weighted by Crippen LogP contribution is 2.34. The molecular formula is C14H18N2O. The average molecular weight is 230 g/mol. The predicted molar refractivity (Wildman–Crippen MR) is 68.0 cm³/mol. The number of nitrogens with two attached hydrogens (primary N) is 1. The monoisotopic (exact) mass is 230 g/mol. The van der Waals surface area contributed by atoms with Crippen molar-refractivity contribution in [2.45, 2.75) is 44.6 Å². The van der Waals surface area contributed by atoms with E-state index in [1.165, 1.54) is 5.56 Å². The van der Waals surface area contributed by atoms with Crippen LogP contribution in [0.5, 0.6) is 0 Å². The molecule has 0 aliphatic heterocycles. The van der Waals surface area contributed by atoms with Gasteiger partial charge in [0.05, 0.1) is 0 Å². The van der Waals surface area contributed by atoms with E-state index in [0.29, 0.717) is 12.0 Å². The molecule has 0 spiro atoms. The van der Waals surface area contributed by atoms with Crippen molar-refractivity contribution in [3.63, 3.8) is 0 Å². The van der Waals surface area contributed by atoms with Crippen LogP contribution in [0.3, 0.4) is 0 Å². The number of hydrogen-bond donors (Lipinski definition) is 1. The van der Waals surface area contributed by atoms with Crippen LogP contribution < -0.4 is 5.73 Å². The first kappa shape index (κ1) is 10.8. The lowest BCUT2D eigenvalue weighted by molar-refractivity contribution is 0.471. The van der Waals surface area contributed by atoms with E-state index in [4.69, 9.17) is 10.2 Å². The Labute approximate surface area is 101 Å². The van der Waals surface area contributed by atoms with Gasteiger partial charge in [0.25, 0.3) is 0 Å². The fraction of sp³-hybridized carbons (Fsp3) is 0.500. The van der Waals surface area contributed by atoms with Crippen molar-refractivity contribution in [1.29, 1.82) is 0 Å². The molecule has 3 rings (SSSR count). The standard InChI is InChI=1S/C14H18N2O/c1-2-9-3-6-13-12(7-9)16-14(17-13)10-4-5-11(15)8-10/h3,6-7,10-11H,2,4-5,8,15H2,1H3/t10-,11+/m1/s1. The van der Waals surface area contributed by atoms with Crippen molar-refractivity contribution < 1.29 is 4.42 Å². The molecule has 0 saturated heterocycles. The van der Waals surface area contributed by atoms with Crippen molar-refractivity contribution >= 4 is 11.1 Å². The van der Waals surface area contributed by atoms with Crippen molar-refractivity contribution in [2.75, 3.05) is 0 Å². The highest BCUT2D eigenvalue weighted by molar-refractivity contribution is 5.73. The van der Waals surface area contributed by atoms with E-state index in [1.807, 2.05) is 6.07 Å². The second kappa shape index (κ2) is 4.15. The first-order valence-corrected chi connectivity index (χ1v) is 6.41. The van der Waals surface area contributed by atoms with Crippen LogP contribution >= 0.6 is 0 Å². The number of hydrogen-bond acceptors (Lipinski definition) is 3. The molecule has 0 unspecified atom stereocenters. The molecule has 3 nitrogen and oxygen atoms in total. The summed E-state index contributed by atoms with van der Waals surface area (Å²) in [7, 11) is 0. The summed E-state index contributed by atoms with van der Waals surface area (Å²) >= 11 is 0. The number of aromatic nitrogens is 1. The number of fused-ring (bicyclic) bond motifs is 1. The largest absolute Gasteiger partial charge is 0.440 e. The molecule has 2 atom stereocenters. The third-order valence-corrected chi connectivity index (χ3v) is 3.70. The van der Waals surface area contributed by atoms with Crippen molar-refractivity contribution in [2.24, 2.45) is 5.73 Å². The maximum absolute atomic E-state index is 5.93. The van der Waals surface area contributed by atoms with Gasteiger partial charge in [-0.05, 0) is 43.4 Å². The third kappa shape index (κ3) is 1.95. The fourth-order valence-corrected chi connectivity index (χ4v) is 2.63. The molecular weight excluding hydrogens is 212 g/mol. The van der Waals surface area contributed by atoms with Crippen molar-refractivity contribution in [1.82, 2.24) is 4.98 Å². The fourth-order valence-electron chi connectivity index (χ4n) is 2.63. The lowest BCUT2D eigenvalue weighted by Crippen LogP contribution is -2.14. The second-order valence-electron chi connectivity index (χ2n) is 4.98. The van der Waals surface area contributed by atoms with Gasteiger partial charge in [-0.3, -0.25) is 0 Å². The molecule has 0 amide bonds. The third-order valence-electron chi connectivity index (χ3n) is 3.70. The van der Waals surface area contributed by atoms with Crippen molar-refractivity contribution in [3.8, 4) is 0 Å². The van der Waals surface area contributed by atoms with Gasteiger partial charge in [-0.15, -0.1) is 0 Å². The highest BCUT2D eigenvalue weighted by atomic mass is 16.3. The zero-order valence-electron chi connectivity index (χ0n) is 10.1. The SMILES string of the molecule is CCc1ccc2oc([C@@H]3CC[C@H](N)C3)nc2c1. The molecule has 1 aromatic heterocycles. The maximum Gasteiger partial charge on any atom is 0.198 e. The van der Waals surface area contributed by atoms with Crippen LogP contribution in [-0.2, 0) is 6.42 Å². The topological polar surface area (TPSA) is 52.0 Å². The number of benzene rings is 1. The van der Waals surface area contributed by atoms with Crippen LogP contribution in [-0.4, -0.2) is 11.0 Å². The smallest absolute Gasteiger partial charge is 0.198 e. The second-order valence-corrected chi connectivity index (χ2v) is 4.98. The van der Waals surface area contributed by atoms with Gasteiger partial charge in [-0.1, -0.05) is 13.0 Å². The molecule has 0 radical (unpaired) electrons. The summed E-state index contributed by atoms with van der Waals surface area (Å²) in [6, 6.07) is 6.58. The van der Waals surface area contributed by atoms with E-state index >= 15 is 0 Å². The normalized spacial score (nSPS) is 24.6. The molecule has 0 bridgehead atoms. The molecule has 1 saturated carbocycles. The van der Waals surface area contributed by atoms with Gasteiger partial charge in [0.1, 0.15) is 5.52 Å². The Bertz CT molecular complexity index is 532. The zero-order valence-corrected chi connectivity index (χ0v) is 10.1. The Kier molecular flexibility index (Phi) is 2.63. The molecule has 90 valence electrons. The molecule has 1 heterocycles. The van der Waals surface area contributed by atoms with Gasteiger partial charge in [-0.25, -0.2) is 4.98 Å². The first-order chi connectivity index (χ1) is 8.26. The lowest BCUT2D eigenvalue weighted by atomic mass is 10.1. The lowest BCUT2D eigenvalue weighted by Gasteiger charge is -2.02. The van der Waals surface area contributed by atoms with Gasteiger partial charge < -0.3 is 10.2 Å². The average Bonchev–Trinajstić information content (AvgIpc) is 2.93. The maximum atomic E-state index is 5.93. The van der Waals surface area contributed by atoms with Crippen molar-refractivity contribution in [3.05, 3.63) is 29.7 Å². The van der Waals surface area contributed by atoms with E-state index in [2.05, 4.69) is 24.0 Å². The molecule has 1 aromatic carbocycles. The van der Waals surface area contributed by atoms with E-state index in [9.17, 15) is 0 Å². The summed E-state index contributed by atoms with van der Waals surface area (Å²) in [6.45, 7) is 2.15.